The van der Waals surface area contributed by atoms with Gasteiger partial charge in [0.15, 0.2) is 5.58 Å². The number of nitrogens with zero attached hydrogens (tertiary/aromatic N) is 1. The summed E-state index contributed by atoms with van der Waals surface area (Å²) in [6.45, 7) is 2.63. The average molecular weight is 323 g/mol. The van der Waals surface area contributed by atoms with Crippen LogP contribution in [0.2, 0.25) is 0 Å². The van der Waals surface area contributed by atoms with Gasteiger partial charge in [0.2, 0.25) is 11.3 Å². The number of benzene rings is 1. The number of rotatable bonds is 5. The summed E-state index contributed by atoms with van der Waals surface area (Å²) in [5.74, 6) is 0.459. The minimum absolute atomic E-state index is 0.352. The van der Waals surface area contributed by atoms with Crippen LogP contribution in [0.25, 0.3) is 11.1 Å². The molecule has 0 amide bonds. The van der Waals surface area contributed by atoms with E-state index in [1.807, 2.05) is 25.1 Å². The zero-order chi connectivity index (χ0) is 15.5. The van der Waals surface area contributed by atoms with E-state index in [9.17, 15) is 4.21 Å². The predicted molar refractivity (Wildman–Crippen MR) is 86.9 cm³/mol. The highest BCUT2D eigenvalue weighted by Crippen LogP contribution is 2.27. The molecule has 1 atom stereocenters. The Labute approximate surface area is 132 Å². The van der Waals surface area contributed by atoms with Crippen LogP contribution in [-0.2, 0) is 11.3 Å². The van der Waals surface area contributed by atoms with Crippen molar-refractivity contribution >= 4 is 28.4 Å². The molecule has 0 spiro atoms. The van der Waals surface area contributed by atoms with E-state index in [0.717, 1.165) is 42.3 Å². The minimum atomic E-state index is -1.91. The number of aryl methyl sites for hydroxylation is 1. The van der Waals surface area contributed by atoms with Crippen LogP contribution >= 0.6 is 0 Å². The maximum atomic E-state index is 10.6. The minimum Gasteiger partial charge on any atom is -0.424 e. The second-order valence-corrected chi connectivity index (χ2v) is 6.74. The molecule has 0 bridgehead atoms. The zero-order valence-electron chi connectivity index (χ0n) is 12.5. The fraction of sp³-hybridized carbons (Fsp3) is 0.533. The van der Waals surface area contributed by atoms with Crippen molar-refractivity contribution in [3.63, 3.8) is 0 Å². The number of hydrogen-bond donors (Lipinski definition) is 3. The lowest BCUT2D eigenvalue weighted by Gasteiger charge is -2.28. The van der Waals surface area contributed by atoms with Gasteiger partial charge in [-0.3, -0.25) is 4.55 Å². The molecule has 1 aliphatic rings. The third-order valence-electron chi connectivity index (χ3n) is 4.21. The van der Waals surface area contributed by atoms with E-state index in [0.29, 0.717) is 24.5 Å². The van der Waals surface area contributed by atoms with Crippen molar-refractivity contribution in [3.8, 4) is 0 Å². The third-order valence-corrected chi connectivity index (χ3v) is 4.63. The summed E-state index contributed by atoms with van der Waals surface area (Å²) >= 11 is -1.91. The van der Waals surface area contributed by atoms with Gasteiger partial charge in [-0.05, 0) is 56.2 Å². The molecule has 0 aliphatic heterocycles. The topological polar surface area (TPSA) is 87.4 Å². The largest absolute Gasteiger partial charge is 0.424 e. The summed E-state index contributed by atoms with van der Waals surface area (Å²) in [6.07, 6.45) is 4.09. The standard InChI is InChI=1S/C15H21N3O3S/c1-10-2-7-13-14(8-10)21-15(18-13)17-12-5-3-11(4-6-12)9-16-22(19)20/h2,7-8,11-12,16H,3-6,9H2,1H3,(H,17,18)(H,19,20). The SMILES string of the molecule is Cc1ccc2nc(NC3CCC(CNS(=O)O)CC3)oc2c1. The summed E-state index contributed by atoms with van der Waals surface area (Å²) in [7, 11) is 0. The van der Waals surface area contributed by atoms with Gasteiger partial charge in [0.25, 0.3) is 6.01 Å². The number of oxazole rings is 1. The molecule has 2 aromatic rings. The van der Waals surface area contributed by atoms with E-state index in [1.165, 1.54) is 0 Å². The van der Waals surface area contributed by atoms with E-state index in [-0.39, 0.29) is 0 Å². The quantitative estimate of drug-likeness (QED) is 0.737. The lowest BCUT2D eigenvalue weighted by molar-refractivity contribution is 0.333. The van der Waals surface area contributed by atoms with Gasteiger partial charge in [-0.1, -0.05) is 6.07 Å². The predicted octanol–water partition coefficient (Wildman–Crippen LogP) is 2.83. The second-order valence-electron chi connectivity index (χ2n) is 5.95. The lowest BCUT2D eigenvalue weighted by atomic mass is 9.86. The van der Waals surface area contributed by atoms with Crippen LogP contribution < -0.4 is 10.0 Å². The fourth-order valence-electron chi connectivity index (χ4n) is 2.97. The van der Waals surface area contributed by atoms with Crippen LogP contribution in [0.5, 0.6) is 0 Å². The first-order valence-electron chi connectivity index (χ1n) is 7.58. The molecule has 1 unspecified atom stereocenters. The van der Waals surface area contributed by atoms with Crippen LogP contribution in [0.1, 0.15) is 31.2 Å². The van der Waals surface area contributed by atoms with Crippen molar-refractivity contribution in [2.45, 2.75) is 38.6 Å². The van der Waals surface area contributed by atoms with Crippen molar-refractivity contribution in [2.24, 2.45) is 5.92 Å². The van der Waals surface area contributed by atoms with E-state index >= 15 is 0 Å². The Balaban J connectivity index is 1.54. The van der Waals surface area contributed by atoms with Gasteiger partial charge in [0.05, 0.1) is 0 Å². The number of hydrogen-bond acceptors (Lipinski definition) is 4. The molecule has 1 aromatic carbocycles. The summed E-state index contributed by atoms with van der Waals surface area (Å²) in [5.41, 5.74) is 2.84. The highest BCUT2D eigenvalue weighted by atomic mass is 32.2. The van der Waals surface area contributed by atoms with E-state index in [2.05, 4.69) is 15.0 Å². The van der Waals surface area contributed by atoms with E-state index in [1.54, 1.807) is 0 Å². The monoisotopic (exact) mass is 323 g/mol. The number of nitrogens with one attached hydrogen (secondary N) is 2. The highest BCUT2D eigenvalue weighted by molar-refractivity contribution is 7.77. The molecule has 6 nitrogen and oxygen atoms in total. The average Bonchev–Trinajstić information content (AvgIpc) is 2.87. The summed E-state index contributed by atoms with van der Waals surface area (Å²) in [4.78, 5) is 4.46. The molecule has 1 saturated carbocycles. The Bertz CT molecular complexity index is 665. The van der Waals surface area contributed by atoms with Gasteiger partial charge in [-0.15, -0.1) is 0 Å². The molecule has 0 radical (unpaired) electrons. The van der Waals surface area contributed by atoms with Crippen molar-refractivity contribution in [1.82, 2.24) is 9.71 Å². The summed E-state index contributed by atoms with van der Waals surface area (Å²) < 4.78 is 27.7. The molecule has 0 saturated heterocycles. The first-order chi connectivity index (χ1) is 10.6. The lowest BCUT2D eigenvalue weighted by Crippen LogP contribution is -2.31. The van der Waals surface area contributed by atoms with E-state index < -0.39 is 11.3 Å². The van der Waals surface area contributed by atoms with Crippen LogP contribution in [-0.4, -0.2) is 26.3 Å². The molecule has 3 N–H and O–H groups in total. The van der Waals surface area contributed by atoms with Crippen LogP contribution in [0.3, 0.4) is 0 Å². The molecule has 1 aliphatic carbocycles. The first-order valence-corrected chi connectivity index (χ1v) is 8.69. The normalized spacial score (nSPS) is 23.5. The molecule has 7 heteroatoms. The van der Waals surface area contributed by atoms with Crippen molar-refractivity contribution in [2.75, 3.05) is 11.9 Å². The van der Waals surface area contributed by atoms with Gasteiger partial charge in [-0.2, -0.15) is 4.98 Å². The van der Waals surface area contributed by atoms with Gasteiger partial charge in [0.1, 0.15) is 5.52 Å². The molecule has 22 heavy (non-hydrogen) atoms. The van der Waals surface area contributed by atoms with Crippen molar-refractivity contribution in [3.05, 3.63) is 23.8 Å². The molecular weight excluding hydrogens is 302 g/mol. The molecule has 1 aromatic heterocycles. The summed E-state index contributed by atoms with van der Waals surface area (Å²) in [5, 5.41) is 3.37. The Kier molecular flexibility index (Phi) is 4.75. The van der Waals surface area contributed by atoms with Gasteiger partial charge in [0, 0.05) is 12.6 Å². The van der Waals surface area contributed by atoms with Gasteiger partial charge >= 0.3 is 0 Å². The molecule has 120 valence electrons. The fourth-order valence-corrected chi connectivity index (χ4v) is 3.35. The molecular formula is C15H21N3O3S. The number of anilines is 1. The Hall–Kier alpha value is -1.44. The molecule has 1 fully saturated rings. The highest BCUT2D eigenvalue weighted by Gasteiger charge is 2.22. The van der Waals surface area contributed by atoms with Crippen molar-refractivity contribution in [1.29, 1.82) is 0 Å². The summed E-state index contributed by atoms with van der Waals surface area (Å²) in [6, 6.07) is 6.92. The maximum Gasteiger partial charge on any atom is 0.295 e. The third kappa shape index (κ3) is 3.85. The number of fused-ring (bicyclic) bond motifs is 1. The van der Waals surface area contributed by atoms with Gasteiger partial charge < -0.3 is 9.73 Å². The van der Waals surface area contributed by atoms with Crippen LogP contribution in [0.4, 0.5) is 6.01 Å². The Morgan fingerprint density at radius 1 is 1.36 bits per heavy atom. The first kappa shape index (κ1) is 15.5. The maximum absolute atomic E-state index is 10.6. The Morgan fingerprint density at radius 2 is 2.14 bits per heavy atom. The number of aromatic nitrogens is 1. The smallest absolute Gasteiger partial charge is 0.295 e. The van der Waals surface area contributed by atoms with Crippen molar-refractivity contribution < 1.29 is 13.2 Å². The Morgan fingerprint density at radius 3 is 2.86 bits per heavy atom. The van der Waals surface area contributed by atoms with E-state index in [4.69, 9.17) is 8.97 Å². The molecule has 3 rings (SSSR count). The van der Waals surface area contributed by atoms with Crippen LogP contribution in [0.15, 0.2) is 22.6 Å². The molecule has 1 heterocycles. The zero-order valence-corrected chi connectivity index (χ0v) is 13.4. The van der Waals surface area contributed by atoms with Crippen LogP contribution in [0, 0.1) is 12.8 Å². The second kappa shape index (κ2) is 6.76. The van der Waals surface area contributed by atoms with Gasteiger partial charge in [-0.25, -0.2) is 8.93 Å².